The average molecular weight is 456 g/mol. The van der Waals surface area contributed by atoms with Gasteiger partial charge < -0.3 is 9.64 Å². The molecule has 2 aromatic carbocycles. The molecule has 1 N–H and O–H groups in total. The number of rotatable bonds is 5. The van der Waals surface area contributed by atoms with Gasteiger partial charge >= 0.3 is 5.97 Å². The quantitative estimate of drug-likeness (QED) is 0.700. The van der Waals surface area contributed by atoms with Crippen LogP contribution in [0.5, 0.6) is 0 Å². The number of carbonyl (C=O) groups excluding carboxylic acids is 1. The molecular formula is C24H29N3O4S. The Labute approximate surface area is 189 Å². The van der Waals surface area contributed by atoms with Crippen LogP contribution in [-0.2, 0) is 21.2 Å². The highest BCUT2D eigenvalue weighted by Gasteiger charge is 2.33. The molecule has 0 spiro atoms. The standard InChI is InChI=1S/C24H29N3O4S/c1-24(2)14-18-12-17(23(28)31-4)8-9-21(18)25-22(24)16-6-5-7-20(13-16)32(29,30)26-19-10-11-27(3)15-19/h5-9,12-13,19,26H,10-11,14-15H2,1-4H3. The van der Waals surface area contributed by atoms with E-state index < -0.39 is 10.0 Å². The van der Waals surface area contributed by atoms with Gasteiger partial charge in [0.15, 0.2) is 0 Å². The summed E-state index contributed by atoms with van der Waals surface area (Å²) in [6.07, 6.45) is 1.48. The van der Waals surface area contributed by atoms with Crippen molar-refractivity contribution in [3.05, 3.63) is 59.2 Å². The van der Waals surface area contributed by atoms with Crippen molar-refractivity contribution >= 4 is 27.4 Å². The van der Waals surface area contributed by atoms with E-state index in [2.05, 4.69) is 23.5 Å². The van der Waals surface area contributed by atoms with Gasteiger partial charge in [-0.1, -0.05) is 26.0 Å². The van der Waals surface area contributed by atoms with E-state index in [-0.39, 0.29) is 22.3 Å². The molecule has 0 aliphatic carbocycles. The summed E-state index contributed by atoms with van der Waals surface area (Å²) < 4.78 is 33.7. The lowest BCUT2D eigenvalue weighted by molar-refractivity contribution is 0.0600. The fourth-order valence-electron chi connectivity index (χ4n) is 4.50. The van der Waals surface area contributed by atoms with Crippen molar-refractivity contribution in [3.8, 4) is 0 Å². The zero-order chi connectivity index (χ0) is 23.1. The maximum Gasteiger partial charge on any atom is 0.337 e. The largest absolute Gasteiger partial charge is 0.465 e. The summed E-state index contributed by atoms with van der Waals surface area (Å²) in [5, 5.41) is 0. The maximum absolute atomic E-state index is 13.0. The van der Waals surface area contributed by atoms with E-state index in [1.807, 2.05) is 25.2 Å². The van der Waals surface area contributed by atoms with Crippen LogP contribution >= 0.6 is 0 Å². The Kier molecular flexibility index (Phi) is 5.96. The third kappa shape index (κ3) is 4.48. The van der Waals surface area contributed by atoms with Gasteiger partial charge in [0, 0.05) is 18.0 Å². The zero-order valence-electron chi connectivity index (χ0n) is 18.9. The number of likely N-dealkylation sites (N-methyl/N-ethyl adjacent to an activating group) is 1. The normalized spacial score (nSPS) is 20.5. The summed E-state index contributed by atoms with van der Waals surface area (Å²) >= 11 is 0. The maximum atomic E-state index is 13.0. The van der Waals surface area contributed by atoms with Crippen molar-refractivity contribution in [2.75, 3.05) is 27.2 Å². The van der Waals surface area contributed by atoms with Gasteiger partial charge in [-0.15, -0.1) is 0 Å². The van der Waals surface area contributed by atoms with Crippen molar-refractivity contribution in [1.29, 1.82) is 0 Å². The lowest BCUT2D eigenvalue weighted by Gasteiger charge is -2.32. The van der Waals surface area contributed by atoms with Crippen molar-refractivity contribution in [2.45, 2.75) is 37.6 Å². The smallest absolute Gasteiger partial charge is 0.337 e. The number of ether oxygens (including phenoxy) is 1. The summed E-state index contributed by atoms with van der Waals surface area (Å²) in [6.45, 7) is 5.75. The molecule has 170 valence electrons. The second kappa shape index (κ2) is 8.42. The second-order valence-corrected chi connectivity index (χ2v) is 11.0. The van der Waals surface area contributed by atoms with Crippen molar-refractivity contribution in [2.24, 2.45) is 10.4 Å². The van der Waals surface area contributed by atoms with Crippen molar-refractivity contribution in [1.82, 2.24) is 9.62 Å². The number of likely N-dealkylation sites (tertiary alicyclic amines) is 1. The molecule has 0 saturated carbocycles. The molecule has 2 aromatic rings. The first-order valence-corrected chi connectivity index (χ1v) is 12.2. The predicted molar refractivity (Wildman–Crippen MR) is 124 cm³/mol. The van der Waals surface area contributed by atoms with E-state index >= 15 is 0 Å². The van der Waals surface area contributed by atoms with Crippen LogP contribution in [0.25, 0.3) is 0 Å². The number of hydrogen-bond donors (Lipinski definition) is 1. The molecule has 2 heterocycles. The molecule has 32 heavy (non-hydrogen) atoms. The summed E-state index contributed by atoms with van der Waals surface area (Å²) in [7, 11) is -0.273. The molecule has 2 aliphatic rings. The molecule has 0 amide bonds. The fraction of sp³-hybridized carbons (Fsp3) is 0.417. The minimum atomic E-state index is -3.63. The van der Waals surface area contributed by atoms with Crippen LogP contribution in [0.2, 0.25) is 0 Å². The summed E-state index contributed by atoms with van der Waals surface area (Å²) in [5.74, 6) is -0.376. The number of esters is 1. The lowest BCUT2D eigenvalue weighted by Crippen LogP contribution is -2.36. The van der Waals surface area contributed by atoms with E-state index in [0.717, 1.165) is 35.5 Å². The van der Waals surface area contributed by atoms with E-state index in [9.17, 15) is 13.2 Å². The summed E-state index contributed by atoms with van der Waals surface area (Å²) in [6, 6.07) is 12.3. The van der Waals surface area contributed by atoms with E-state index in [1.54, 1.807) is 24.3 Å². The summed E-state index contributed by atoms with van der Waals surface area (Å²) in [5.41, 5.74) is 3.52. The fourth-order valence-corrected chi connectivity index (χ4v) is 5.80. The van der Waals surface area contributed by atoms with Crippen LogP contribution in [0.15, 0.2) is 52.4 Å². The Morgan fingerprint density at radius 3 is 2.69 bits per heavy atom. The third-order valence-corrected chi connectivity index (χ3v) is 7.66. The number of hydrogen-bond acceptors (Lipinski definition) is 6. The van der Waals surface area contributed by atoms with Crippen LogP contribution in [-0.4, -0.2) is 58.3 Å². The average Bonchev–Trinajstić information content (AvgIpc) is 3.15. The zero-order valence-corrected chi connectivity index (χ0v) is 19.7. The molecular weight excluding hydrogens is 426 g/mol. The summed E-state index contributed by atoms with van der Waals surface area (Å²) in [4.78, 5) is 19.1. The minimum Gasteiger partial charge on any atom is -0.465 e. The Morgan fingerprint density at radius 2 is 2.00 bits per heavy atom. The van der Waals surface area contributed by atoms with Crippen LogP contribution in [0, 0.1) is 5.41 Å². The molecule has 1 unspecified atom stereocenters. The predicted octanol–water partition coefficient (Wildman–Crippen LogP) is 3.16. The van der Waals surface area contributed by atoms with Gasteiger partial charge in [-0.3, -0.25) is 4.99 Å². The highest BCUT2D eigenvalue weighted by molar-refractivity contribution is 7.89. The Bertz CT molecular complexity index is 1190. The second-order valence-electron chi connectivity index (χ2n) is 9.25. The molecule has 0 radical (unpaired) electrons. The molecule has 2 aliphatic heterocycles. The van der Waals surface area contributed by atoms with Gasteiger partial charge in [0.05, 0.1) is 29.0 Å². The molecule has 1 saturated heterocycles. The van der Waals surface area contributed by atoms with Crippen molar-refractivity contribution in [3.63, 3.8) is 0 Å². The number of sulfonamides is 1. The van der Waals surface area contributed by atoms with Gasteiger partial charge in [-0.25, -0.2) is 17.9 Å². The number of benzene rings is 2. The lowest BCUT2D eigenvalue weighted by atomic mass is 9.76. The molecule has 7 nitrogen and oxygen atoms in total. The van der Waals surface area contributed by atoms with Gasteiger partial charge in [-0.05, 0) is 67.9 Å². The first kappa shape index (κ1) is 22.6. The van der Waals surface area contributed by atoms with Crippen LogP contribution < -0.4 is 4.72 Å². The van der Waals surface area contributed by atoms with E-state index in [1.165, 1.54) is 7.11 Å². The van der Waals surface area contributed by atoms with Gasteiger partial charge in [0.25, 0.3) is 0 Å². The molecule has 8 heteroatoms. The monoisotopic (exact) mass is 455 g/mol. The Hall–Kier alpha value is -2.55. The topological polar surface area (TPSA) is 88.1 Å². The number of fused-ring (bicyclic) bond motifs is 1. The molecule has 1 atom stereocenters. The molecule has 1 fully saturated rings. The van der Waals surface area contributed by atoms with Crippen molar-refractivity contribution < 1.29 is 17.9 Å². The third-order valence-electron chi connectivity index (χ3n) is 6.14. The highest BCUT2D eigenvalue weighted by Crippen LogP contribution is 2.38. The van der Waals surface area contributed by atoms with Gasteiger partial charge in [-0.2, -0.15) is 0 Å². The first-order chi connectivity index (χ1) is 15.1. The first-order valence-electron chi connectivity index (χ1n) is 10.7. The Balaban J connectivity index is 1.67. The van der Waals surface area contributed by atoms with Crippen LogP contribution in [0.1, 0.15) is 41.8 Å². The molecule has 0 aromatic heterocycles. The van der Waals surface area contributed by atoms with E-state index in [0.29, 0.717) is 18.5 Å². The van der Waals surface area contributed by atoms with Crippen LogP contribution in [0.4, 0.5) is 5.69 Å². The minimum absolute atomic E-state index is 0.0759. The number of methoxy groups -OCH3 is 1. The van der Waals surface area contributed by atoms with Crippen LogP contribution in [0.3, 0.4) is 0 Å². The number of aliphatic imine (C=N–C) groups is 1. The molecule has 4 rings (SSSR count). The highest BCUT2D eigenvalue weighted by atomic mass is 32.2. The number of nitrogens with zero attached hydrogens (tertiary/aromatic N) is 2. The van der Waals surface area contributed by atoms with Gasteiger partial charge in [0.2, 0.25) is 10.0 Å². The van der Waals surface area contributed by atoms with Gasteiger partial charge in [0.1, 0.15) is 0 Å². The SMILES string of the molecule is COC(=O)c1ccc2c(c1)CC(C)(C)C(c1cccc(S(=O)(=O)NC3CCN(C)C3)c1)=N2. The Morgan fingerprint density at radius 1 is 1.22 bits per heavy atom. The number of nitrogens with one attached hydrogen (secondary N) is 1. The van der Waals surface area contributed by atoms with E-state index in [4.69, 9.17) is 9.73 Å². The molecule has 0 bridgehead atoms. The number of carbonyl (C=O) groups is 1.